The number of carbonyl (C=O) groups is 1. The molecular formula is C6H12INO. The van der Waals surface area contributed by atoms with E-state index in [0.29, 0.717) is 0 Å². The Morgan fingerprint density at radius 1 is 1.89 bits per heavy atom. The summed E-state index contributed by atoms with van der Waals surface area (Å²) in [6.45, 7) is 3.82. The average Bonchev–Trinajstić information content (AvgIpc) is 1.86. The third kappa shape index (κ3) is 2.62. The van der Waals surface area contributed by atoms with E-state index in [4.69, 9.17) is 5.73 Å². The lowest BCUT2D eigenvalue weighted by Crippen LogP contribution is -2.41. The number of alkyl halides is 1. The maximum atomic E-state index is 10.3. The van der Waals surface area contributed by atoms with E-state index in [1.165, 1.54) is 0 Å². The molecule has 0 aromatic carbocycles. The van der Waals surface area contributed by atoms with Gasteiger partial charge in [0.1, 0.15) is 6.29 Å². The lowest BCUT2D eigenvalue weighted by molar-refractivity contribution is -0.109. The van der Waals surface area contributed by atoms with Crippen LogP contribution in [-0.2, 0) is 4.79 Å². The van der Waals surface area contributed by atoms with Gasteiger partial charge in [-0.05, 0) is 13.3 Å². The quantitative estimate of drug-likeness (QED) is 0.457. The SMILES string of the molecule is CCC(N)C(C)(I)C=O. The van der Waals surface area contributed by atoms with Crippen LogP contribution >= 0.6 is 22.6 Å². The van der Waals surface area contributed by atoms with Crippen LogP contribution in [0.15, 0.2) is 0 Å². The Hall–Kier alpha value is 0.360. The molecule has 0 aromatic heterocycles. The van der Waals surface area contributed by atoms with E-state index >= 15 is 0 Å². The largest absolute Gasteiger partial charge is 0.326 e. The Morgan fingerprint density at radius 3 is 2.44 bits per heavy atom. The summed E-state index contributed by atoms with van der Waals surface area (Å²) in [5.41, 5.74) is 5.62. The smallest absolute Gasteiger partial charge is 0.137 e. The van der Waals surface area contributed by atoms with E-state index in [1.807, 2.05) is 13.8 Å². The molecule has 0 amide bonds. The Kier molecular flexibility index (Phi) is 3.65. The first-order valence-corrected chi connectivity index (χ1v) is 4.03. The summed E-state index contributed by atoms with van der Waals surface area (Å²) in [4.78, 5) is 10.3. The first-order chi connectivity index (χ1) is 4.04. The number of nitrogens with two attached hydrogens (primary N) is 1. The van der Waals surface area contributed by atoms with Crippen molar-refractivity contribution in [2.24, 2.45) is 5.73 Å². The van der Waals surface area contributed by atoms with E-state index in [9.17, 15) is 4.79 Å². The molecule has 0 rings (SSSR count). The summed E-state index contributed by atoms with van der Waals surface area (Å²) in [6.07, 6.45) is 1.75. The van der Waals surface area contributed by atoms with Crippen LogP contribution in [0.1, 0.15) is 20.3 Å². The van der Waals surface area contributed by atoms with Crippen LogP contribution < -0.4 is 5.73 Å². The van der Waals surface area contributed by atoms with Crippen LogP contribution in [0, 0.1) is 0 Å². The molecule has 2 atom stereocenters. The van der Waals surface area contributed by atoms with Crippen molar-refractivity contribution >= 4 is 28.9 Å². The van der Waals surface area contributed by atoms with Gasteiger partial charge < -0.3 is 10.5 Å². The first-order valence-electron chi connectivity index (χ1n) is 2.95. The third-order valence-electron chi connectivity index (χ3n) is 1.40. The lowest BCUT2D eigenvalue weighted by Gasteiger charge is -2.21. The topological polar surface area (TPSA) is 43.1 Å². The van der Waals surface area contributed by atoms with Crippen molar-refractivity contribution in [1.82, 2.24) is 0 Å². The summed E-state index contributed by atoms with van der Waals surface area (Å²) in [5.74, 6) is 0. The van der Waals surface area contributed by atoms with Gasteiger partial charge in [0.25, 0.3) is 0 Å². The molecule has 0 bridgehead atoms. The number of hydrogen-bond acceptors (Lipinski definition) is 2. The molecule has 0 spiro atoms. The van der Waals surface area contributed by atoms with Crippen molar-refractivity contribution in [3.05, 3.63) is 0 Å². The maximum absolute atomic E-state index is 10.3. The molecule has 0 radical (unpaired) electrons. The lowest BCUT2D eigenvalue weighted by atomic mass is 10.0. The zero-order valence-corrected chi connectivity index (χ0v) is 7.88. The van der Waals surface area contributed by atoms with Crippen LogP contribution in [0.25, 0.3) is 0 Å². The highest BCUT2D eigenvalue weighted by atomic mass is 127. The highest BCUT2D eigenvalue weighted by molar-refractivity contribution is 14.1. The fraction of sp³-hybridized carbons (Fsp3) is 0.833. The van der Waals surface area contributed by atoms with Crippen molar-refractivity contribution in [2.75, 3.05) is 0 Å². The Morgan fingerprint density at radius 2 is 2.33 bits per heavy atom. The van der Waals surface area contributed by atoms with Gasteiger partial charge in [0, 0.05) is 6.04 Å². The maximum Gasteiger partial charge on any atom is 0.137 e. The second-order valence-corrected chi connectivity index (χ2v) is 4.61. The molecule has 0 saturated carbocycles. The normalized spacial score (nSPS) is 20.4. The van der Waals surface area contributed by atoms with Gasteiger partial charge in [-0.1, -0.05) is 29.5 Å². The van der Waals surface area contributed by atoms with Gasteiger partial charge in [0.2, 0.25) is 0 Å². The van der Waals surface area contributed by atoms with Crippen LogP contribution in [0.5, 0.6) is 0 Å². The van der Waals surface area contributed by atoms with Crippen LogP contribution in [0.4, 0.5) is 0 Å². The van der Waals surface area contributed by atoms with Crippen molar-refractivity contribution in [1.29, 1.82) is 0 Å². The van der Waals surface area contributed by atoms with E-state index in [2.05, 4.69) is 22.6 Å². The van der Waals surface area contributed by atoms with Crippen LogP contribution in [0.3, 0.4) is 0 Å². The molecule has 0 aliphatic heterocycles. The molecule has 0 aromatic rings. The zero-order valence-electron chi connectivity index (χ0n) is 5.73. The van der Waals surface area contributed by atoms with Crippen molar-refractivity contribution in [3.63, 3.8) is 0 Å². The molecule has 9 heavy (non-hydrogen) atoms. The van der Waals surface area contributed by atoms with Crippen LogP contribution in [0.2, 0.25) is 0 Å². The number of halogens is 1. The first kappa shape index (κ1) is 9.36. The molecule has 0 heterocycles. The molecule has 2 nitrogen and oxygen atoms in total. The molecule has 0 fully saturated rings. The van der Waals surface area contributed by atoms with Gasteiger partial charge >= 0.3 is 0 Å². The van der Waals surface area contributed by atoms with Crippen molar-refractivity contribution in [2.45, 2.75) is 29.7 Å². The molecule has 3 heteroatoms. The summed E-state index contributed by atoms with van der Waals surface area (Å²) < 4.78 is -0.382. The second kappa shape index (κ2) is 3.51. The minimum atomic E-state index is -0.382. The number of carbonyl (C=O) groups excluding carboxylic acids is 1. The fourth-order valence-electron chi connectivity index (χ4n) is 0.487. The summed E-state index contributed by atoms with van der Waals surface area (Å²) in [6, 6.07) is -0.0180. The average molecular weight is 241 g/mol. The molecule has 2 N–H and O–H groups in total. The summed E-state index contributed by atoms with van der Waals surface area (Å²) in [7, 11) is 0. The molecular weight excluding hydrogens is 229 g/mol. The van der Waals surface area contributed by atoms with Gasteiger partial charge in [-0.3, -0.25) is 0 Å². The monoisotopic (exact) mass is 241 g/mol. The molecule has 0 aliphatic carbocycles. The Bertz CT molecular complexity index is 103. The minimum absolute atomic E-state index is 0.0180. The predicted molar refractivity (Wildman–Crippen MR) is 46.8 cm³/mol. The van der Waals surface area contributed by atoms with E-state index in [-0.39, 0.29) is 9.46 Å². The zero-order chi connectivity index (χ0) is 7.49. The minimum Gasteiger partial charge on any atom is -0.326 e. The highest BCUT2D eigenvalue weighted by Gasteiger charge is 2.25. The number of rotatable bonds is 3. The van der Waals surface area contributed by atoms with E-state index < -0.39 is 0 Å². The standard InChI is InChI=1S/C6H12INO/c1-3-5(8)6(2,7)4-9/h4-5H,3,8H2,1-2H3. The van der Waals surface area contributed by atoms with Gasteiger partial charge in [-0.15, -0.1) is 0 Å². The molecule has 54 valence electrons. The number of hydrogen-bond donors (Lipinski definition) is 1. The predicted octanol–water partition coefficient (Wildman–Crippen LogP) is 1.12. The van der Waals surface area contributed by atoms with E-state index in [0.717, 1.165) is 12.7 Å². The Labute approximate surface area is 69.3 Å². The van der Waals surface area contributed by atoms with Gasteiger partial charge in [-0.25, -0.2) is 0 Å². The summed E-state index contributed by atoms with van der Waals surface area (Å²) in [5, 5.41) is 0. The van der Waals surface area contributed by atoms with Gasteiger partial charge in [0.05, 0.1) is 3.42 Å². The van der Waals surface area contributed by atoms with Crippen molar-refractivity contribution in [3.8, 4) is 0 Å². The van der Waals surface area contributed by atoms with E-state index in [1.54, 1.807) is 0 Å². The number of aldehydes is 1. The molecule has 0 aliphatic rings. The third-order valence-corrected chi connectivity index (χ3v) is 2.45. The molecule has 2 unspecified atom stereocenters. The van der Waals surface area contributed by atoms with Crippen LogP contribution in [-0.4, -0.2) is 15.7 Å². The fourth-order valence-corrected chi connectivity index (χ4v) is 0.927. The molecule has 0 saturated heterocycles. The van der Waals surface area contributed by atoms with Gasteiger partial charge in [-0.2, -0.15) is 0 Å². The highest BCUT2D eigenvalue weighted by Crippen LogP contribution is 2.19. The second-order valence-electron chi connectivity index (χ2n) is 2.28. The van der Waals surface area contributed by atoms with Gasteiger partial charge in [0.15, 0.2) is 0 Å². The van der Waals surface area contributed by atoms with Crippen molar-refractivity contribution < 1.29 is 4.79 Å². The summed E-state index contributed by atoms with van der Waals surface area (Å²) >= 11 is 2.07. The Balaban J connectivity index is 3.95.